The number of rotatable bonds is 14. The first-order chi connectivity index (χ1) is 10.7. The average Bonchev–Trinajstić information content (AvgIpc) is 2.48. The molecule has 0 aromatic carbocycles. The first-order valence-electron chi connectivity index (χ1n) is 9.06. The molecular formula is C17H36O4Si. The van der Waals surface area contributed by atoms with E-state index >= 15 is 0 Å². The second-order valence-corrected chi connectivity index (χ2v) is 9.09. The minimum absolute atomic E-state index is 0.315. The van der Waals surface area contributed by atoms with E-state index in [1.54, 1.807) is 0 Å². The van der Waals surface area contributed by atoms with E-state index in [0.29, 0.717) is 11.0 Å². The van der Waals surface area contributed by atoms with Gasteiger partial charge in [-0.15, -0.1) is 0 Å². The van der Waals surface area contributed by atoms with Crippen LogP contribution in [-0.2, 0) is 18.3 Å². The zero-order valence-corrected chi connectivity index (χ0v) is 16.2. The number of unbranched alkanes of at least 4 members (excludes halogenated alkanes) is 1. The van der Waals surface area contributed by atoms with Gasteiger partial charge in [-0.2, -0.15) is 0 Å². The Labute approximate surface area is 138 Å². The summed E-state index contributed by atoms with van der Waals surface area (Å²) in [5.74, 6) is 0. The van der Waals surface area contributed by atoms with Crippen LogP contribution in [0.1, 0.15) is 59.8 Å². The fraction of sp³-hybridized carbons (Fsp3) is 1.00. The molecule has 0 radical (unpaired) electrons. The Balaban J connectivity index is 2.13. The molecule has 1 unspecified atom stereocenters. The molecule has 1 fully saturated rings. The Hall–Kier alpha value is 0.0569. The third kappa shape index (κ3) is 7.09. The van der Waals surface area contributed by atoms with Crippen molar-refractivity contribution in [2.75, 3.05) is 39.6 Å². The lowest BCUT2D eigenvalue weighted by Gasteiger charge is -2.41. The van der Waals surface area contributed by atoms with E-state index < -0.39 is 9.28 Å². The number of hydrogen-bond donors (Lipinski definition) is 0. The van der Waals surface area contributed by atoms with Gasteiger partial charge in [0.1, 0.15) is 0 Å². The summed E-state index contributed by atoms with van der Waals surface area (Å²) in [7, 11) is -1.50. The largest absolute Gasteiger partial charge is 0.397 e. The van der Waals surface area contributed by atoms with Crippen molar-refractivity contribution in [1.29, 1.82) is 0 Å². The first-order valence-corrected chi connectivity index (χ1v) is 10.7. The molecule has 1 rings (SSSR count). The minimum Gasteiger partial charge on any atom is -0.397 e. The van der Waals surface area contributed by atoms with Crippen molar-refractivity contribution >= 4 is 9.28 Å². The van der Waals surface area contributed by atoms with Crippen LogP contribution in [0, 0.1) is 5.41 Å². The molecule has 4 nitrogen and oxygen atoms in total. The Morgan fingerprint density at radius 3 is 2.27 bits per heavy atom. The molecule has 0 aliphatic carbocycles. The van der Waals surface area contributed by atoms with E-state index in [1.807, 2.05) is 13.8 Å². The third-order valence-corrected chi connectivity index (χ3v) is 6.95. The van der Waals surface area contributed by atoms with Crippen molar-refractivity contribution in [3.8, 4) is 0 Å². The standard InChI is InChI=1S/C17H36O4Si/c1-5-8-11-17(14-19-15-17)13-18-12-9-10-16(4)22(20-6-2)21-7-3/h16,22H,5-15H2,1-4H3. The molecule has 0 spiro atoms. The van der Waals surface area contributed by atoms with Crippen LogP contribution in [0.3, 0.4) is 0 Å². The molecule has 132 valence electrons. The smallest absolute Gasteiger partial charge is 0.324 e. The highest BCUT2D eigenvalue weighted by Crippen LogP contribution is 2.33. The molecule has 5 heteroatoms. The fourth-order valence-electron chi connectivity index (χ4n) is 2.88. The van der Waals surface area contributed by atoms with Crippen LogP contribution in [0.25, 0.3) is 0 Å². The van der Waals surface area contributed by atoms with Gasteiger partial charge in [0.25, 0.3) is 0 Å². The summed E-state index contributed by atoms with van der Waals surface area (Å²) in [5.41, 5.74) is 0.861. The highest BCUT2D eigenvalue weighted by molar-refractivity contribution is 6.46. The van der Waals surface area contributed by atoms with Gasteiger partial charge >= 0.3 is 9.28 Å². The topological polar surface area (TPSA) is 36.9 Å². The van der Waals surface area contributed by atoms with E-state index in [4.69, 9.17) is 18.3 Å². The average molecular weight is 333 g/mol. The van der Waals surface area contributed by atoms with E-state index in [0.717, 1.165) is 52.5 Å². The fourth-order valence-corrected chi connectivity index (χ4v) is 4.80. The minimum atomic E-state index is -1.50. The SMILES string of the molecule is CCCCC1(COCCCC(C)[SiH](OCC)OCC)COC1. The molecule has 0 bridgehead atoms. The summed E-state index contributed by atoms with van der Waals surface area (Å²) >= 11 is 0. The molecule has 1 aliphatic heterocycles. The molecule has 1 atom stereocenters. The van der Waals surface area contributed by atoms with Crippen molar-refractivity contribution in [3.05, 3.63) is 0 Å². The van der Waals surface area contributed by atoms with Crippen molar-refractivity contribution in [1.82, 2.24) is 0 Å². The van der Waals surface area contributed by atoms with E-state index in [2.05, 4.69) is 13.8 Å². The highest BCUT2D eigenvalue weighted by Gasteiger charge is 2.38. The molecule has 1 heterocycles. The molecule has 0 aromatic rings. The molecule has 0 aromatic heterocycles. The molecule has 0 saturated carbocycles. The summed E-state index contributed by atoms with van der Waals surface area (Å²) in [6, 6.07) is 0. The molecule has 1 saturated heterocycles. The van der Waals surface area contributed by atoms with Gasteiger partial charge in [0, 0.05) is 25.2 Å². The van der Waals surface area contributed by atoms with E-state index in [9.17, 15) is 0 Å². The zero-order valence-electron chi connectivity index (χ0n) is 15.1. The van der Waals surface area contributed by atoms with Crippen LogP contribution in [-0.4, -0.2) is 48.9 Å². The predicted octanol–water partition coefficient (Wildman–Crippen LogP) is 3.67. The summed E-state index contributed by atoms with van der Waals surface area (Å²) in [5, 5.41) is 0. The van der Waals surface area contributed by atoms with Crippen LogP contribution in [0.4, 0.5) is 0 Å². The van der Waals surface area contributed by atoms with Crippen molar-refractivity contribution < 1.29 is 18.3 Å². The van der Waals surface area contributed by atoms with E-state index in [1.165, 1.54) is 19.3 Å². The maximum atomic E-state index is 5.94. The van der Waals surface area contributed by atoms with Crippen LogP contribution < -0.4 is 0 Å². The van der Waals surface area contributed by atoms with Gasteiger partial charge < -0.3 is 18.3 Å². The van der Waals surface area contributed by atoms with Gasteiger partial charge in [-0.1, -0.05) is 26.7 Å². The maximum absolute atomic E-state index is 5.94. The van der Waals surface area contributed by atoms with Crippen molar-refractivity contribution in [2.24, 2.45) is 5.41 Å². The maximum Gasteiger partial charge on any atom is 0.324 e. The highest BCUT2D eigenvalue weighted by atomic mass is 28.3. The van der Waals surface area contributed by atoms with Gasteiger partial charge in [-0.05, 0) is 38.7 Å². The molecular weight excluding hydrogens is 296 g/mol. The lowest BCUT2D eigenvalue weighted by Crippen LogP contribution is -2.46. The van der Waals surface area contributed by atoms with Crippen molar-refractivity contribution in [2.45, 2.75) is 65.3 Å². The van der Waals surface area contributed by atoms with Crippen LogP contribution >= 0.6 is 0 Å². The van der Waals surface area contributed by atoms with Crippen LogP contribution in [0.2, 0.25) is 5.54 Å². The Morgan fingerprint density at radius 1 is 1.09 bits per heavy atom. The van der Waals surface area contributed by atoms with Gasteiger partial charge in [-0.25, -0.2) is 0 Å². The quantitative estimate of drug-likeness (QED) is 0.359. The van der Waals surface area contributed by atoms with Crippen LogP contribution in [0.15, 0.2) is 0 Å². The summed E-state index contributed by atoms with van der Waals surface area (Å²) in [4.78, 5) is 0. The van der Waals surface area contributed by atoms with E-state index in [-0.39, 0.29) is 0 Å². The Kier molecular flexibility index (Phi) is 10.6. The lowest BCUT2D eigenvalue weighted by molar-refractivity contribution is -0.153. The summed E-state index contributed by atoms with van der Waals surface area (Å²) in [6.45, 7) is 13.6. The number of ether oxygens (including phenoxy) is 2. The van der Waals surface area contributed by atoms with Gasteiger partial charge in [0.2, 0.25) is 0 Å². The van der Waals surface area contributed by atoms with Crippen molar-refractivity contribution in [3.63, 3.8) is 0 Å². The Bertz CT molecular complexity index is 265. The normalized spacial score (nSPS) is 18.4. The molecule has 0 N–H and O–H groups in total. The second-order valence-electron chi connectivity index (χ2n) is 6.55. The summed E-state index contributed by atoms with van der Waals surface area (Å²) < 4.78 is 22.9. The third-order valence-electron chi connectivity index (χ3n) is 4.36. The van der Waals surface area contributed by atoms with Crippen LogP contribution in [0.5, 0.6) is 0 Å². The zero-order chi connectivity index (χ0) is 16.3. The van der Waals surface area contributed by atoms with Gasteiger partial charge in [0.05, 0.1) is 19.8 Å². The van der Waals surface area contributed by atoms with Gasteiger partial charge in [-0.3, -0.25) is 0 Å². The van der Waals surface area contributed by atoms with Gasteiger partial charge in [0.15, 0.2) is 0 Å². The first kappa shape index (κ1) is 20.1. The number of hydrogen-bond acceptors (Lipinski definition) is 4. The lowest BCUT2D eigenvalue weighted by atomic mass is 9.82. The second kappa shape index (κ2) is 11.6. The molecule has 1 aliphatic rings. The Morgan fingerprint density at radius 2 is 1.77 bits per heavy atom. The predicted molar refractivity (Wildman–Crippen MR) is 92.7 cm³/mol. The molecule has 22 heavy (non-hydrogen) atoms. The molecule has 0 amide bonds. The summed E-state index contributed by atoms with van der Waals surface area (Å²) in [6.07, 6.45) is 5.99. The monoisotopic (exact) mass is 332 g/mol.